The molecule has 2 heterocycles. The van der Waals surface area contributed by atoms with Gasteiger partial charge in [-0.2, -0.15) is 0 Å². The van der Waals surface area contributed by atoms with Crippen LogP contribution in [-0.4, -0.2) is 45.3 Å². The van der Waals surface area contributed by atoms with Crippen LogP contribution < -0.4 is 24.6 Å². The van der Waals surface area contributed by atoms with E-state index in [-0.39, 0.29) is 32.1 Å². The van der Waals surface area contributed by atoms with Gasteiger partial charge in [-0.05, 0) is 36.4 Å². The van der Waals surface area contributed by atoms with Crippen LogP contribution in [0.25, 0.3) is 0 Å². The molecule has 0 aromatic heterocycles. The summed E-state index contributed by atoms with van der Waals surface area (Å²) in [5.41, 5.74) is 0.456. The number of fused-ring (bicyclic) bond motifs is 1. The van der Waals surface area contributed by atoms with Crippen LogP contribution in [0.5, 0.6) is 11.5 Å². The largest absolute Gasteiger partial charge is 0.486 e. The monoisotopic (exact) mass is 539 g/mol. The van der Waals surface area contributed by atoms with Crippen molar-refractivity contribution in [2.45, 2.75) is 0 Å². The van der Waals surface area contributed by atoms with Gasteiger partial charge in [-0.3, -0.25) is 4.79 Å². The molecule has 0 saturated carbocycles. The molecule has 0 bridgehead atoms. The van der Waals surface area contributed by atoms with Gasteiger partial charge in [-0.1, -0.05) is 11.6 Å². The summed E-state index contributed by atoms with van der Waals surface area (Å²) < 4.78 is 79.9. The van der Waals surface area contributed by atoms with Gasteiger partial charge in [0.2, 0.25) is 5.82 Å². The van der Waals surface area contributed by atoms with Crippen LogP contribution >= 0.6 is 11.6 Å². The third kappa shape index (κ3) is 4.71. The number of hydrogen-bond donors (Lipinski definition) is 1. The molecule has 5 rings (SSSR count). The van der Waals surface area contributed by atoms with Crippen molar-refractivity contribution in [2.75, 3.05) is 54.5 Å². The number of benzene rings is 3. The Morgan fingerprint density at radius 3 is 2.00 bits per heavy atom. The van der Waals surface area contributed by atoms with Gasteiger partial charge >= 0.3 is 0 Å². The van der Waals surface area contributed by atoms with Gasteiger partial charge in [0, 0.05) is 37.4 Å². The molecule has 1 saturated heterocycles. The molecule has 0 atom stereocenters. The van der Waals surface area contributed by atoms with E-state index in [1.54, 1.807) is 36.4 Å². The van der Waals surface area contributed by atoms with Crippen molar-refractivity contribution in [2.24, 2.45) is 0 Å². The van der Waals surface area contributed by atoms with E-state index in [4.69, 9.17) is 21.1 Å². The highest BCUT2D eigenvalue weighted by Crippen LogP contribution is 2.34. The molecule has 0 unspecified atom stereocenters. The lowest BCUT2D eigenvalue weighted by molar-refractivity contribution is 0.102. The first-order valence-electron chi connectivity index (χ1n) is 11.3. The first-order chi connectivity index (χ1) is 17.7. The maximum atomic E-state index is 14.2. The average molecular weight is 540 g/mol. The van der Waals surface area contributed by atoms with Gasteiger partial charge in [0.15, 0.2) is 34.8 Å². The second kappa shape index (κ2) is 9.97. The number of anilines is 3. The summed E-state index contributed by atoms with van der Waals surface area (Å²) in [6.45, 7) is 1.25. The Hall–Kier alpha value is -3.73. The van der Waals surface area contributed by atoms with E-state index < -0.39 is 34.8 Å². The Bertz CT molecular complexity index is 1350. The third-order valence-corrected chi connectivity index (χ3v) is 6.44. The molecule has 3 aromatic rings. The molecule has 12 heteroatoms. The lowest BCUT2D eigenvalue weighted by Crippen LogP contribution is -2.47. The van der Waals surface area contributed by atoms with Crippen molar-refractivity contribution in [1.29, 1.82) is 0 Å². The number of carbonyl (C=O) groups is 1. The number of rotatable bonds is 4. The van der Waals surface area contributed by atoms with Crippen LogP contribution in [0.4, 0.5) is 39.0 Å². The van der Waals surface area contributed by atoms with E-state index in [0.29, 0.717) is 46.7 Å². The summed E-state index contributed by atoms with van der Waals surface area (Å²) >= 11 is 6.45. The standard InChI is InChI=1S/C25H19ClF5N3O3/c26-15-12-14(32-25(35)13-1-4-17-18(11-13)37-10-9-36-17)2-3-16(15)33-5-7-34(8-6-33)24-22(30)20(28)19(27)21(29)23(24)31/h1-4,11-12H,5-10H2,(H,32,35). The van der Waals surface area contributed by atoms with Crippen molar-refractivity contribution >= 4 is 34.6 Å². The number of nitrogens with one attached hydrogen (secondary N) is 1. The van der Waals surface area contributed by atoms with E-state index in [9.17, 15) is 26.7 Å². The molecule has 1 fully saturated rings. The lowest BCUT2D eigenvalue weighted by atomic mass is 10.1. The zero-order valence-electron chi connectivity index (χ0n) is 19.1. The molecular formula is C25H19ClF5N3O3. The van der Waals surface area contributed by atoms with Crippen molar-refractivity contribution in [3.63, 3.8) is 0 Å². The van der Waals surface area contributed by atoms with Crippen molar-refractivity contribution in [1.82, 2.24) is 0 Å². The first-order valence-corrected chi connectivity index (χ1v) is 11.6. The Morgan fingerprint density at radius 2 is 1.35 bits per heavy atom. The summed E-state index contributed by atoms with van der Waals surface area (Å²) in [6.07, 6.45) is 0. The Morgan fingerprint density at radius 1 is 0.757 bits per heavy atom. The molecule has 2 aliphatic heterocycles. The number of ether oxygens (including phenoxy) is 2. The van der Waals surface area contributed by atoms with Crippen LogP contribution in [0.2, 0.25) is 5.02 Å². The molecule has 0 radical (unpaired) electrons. The predicted octanol–water partition coefficient (Wildman–Crippen LogP) is 5.39. The van der Waals surface area contributed by atoms with Gasteiger partial charge in [0.25, 0.3) is 5.91 Å². The normalized spacial score (nSPS) is 15.1. The highest BCUT2D eigenvalue weighted by atomic mass is 35.5. The second-order valence-electron chi connectivity index (χ2n) is 8.37. The fourth-order valence-corrected chi connectivity index (χ4v) is 4.57. The van der Waals surface area contributed by atoms with E-state index >= 15 is 0 Å². The second-order valence-corrected chi connectivity index (χ2v) is 8.78. The molecular weight excluding hydrogens is 521 g/mol. The van der Waals surface area contributed by atoms with Crippen molar-refractivity contribution < 1.29 is 36.2 Å². The fraction of sp³-hybridized carbons (Fsp3) is 0.240. The smallest absolute Gasteiger partial charge is 0.255 e. The van der Waals surface area contributed by atoms with Gasteiger partial charge in [-0.15, -0.1) is 0 Å². The lowest BCUT2D eigenvalue weighted by Gasteiger charge is -2.38. The maximum absolute atomic E-state index is 14.2. The molecule has 6 nitrogen and oxygen atoms in total. The maximum Gasteiger partial charge on any atom is 0.255 e. The third-order valence-electron chi connectivity index (χ3n) is 6.13. The van der Waals surface area contributed by atoms with Crippen molar-refractivity contribution in [3.8, 4) is 11.5 Å². The summed E-state index contributed by atoms with van der Waals surface area (Å²) in [7, 11) is 0. The number of halogens is 6. The summed E-state index contributed by atoms with van der Waals surface area (Å²) in [6, 6.07) is 9.74. The van der Waals surface area contributed by atoms with Crippen LogP contribution in [0.1, 0.15) is 10.4 Å². The van der Waals surface area contributed by atoms with Gasteiger partial charge in [0.1, 0.15) is 18.9 Å². The summed E-state index contributed by atoms with van der Waals surface area (Å²) in [5, 5.41) is 3.07. The molecule has 1 N–H and O–H groups in total. The van der Waals surface area contributed by atoms with Crippen molar-refractivity contribution in [3.05, 3.63) is 76.1 Å². The van der Waals surface area contributed by atoms with Gasteiger partial charge in [0.05, 0.1) is 10.7 Å². The summed E-state index contributed by atoms with van der Waals surface area (Å²) in [5.74, 6) is -9.20. The van der Waals surface area contributed by atoms with E-state index in [1.807, 2.05) is 4.90 Å². The average Bonchev–Trinajstić information content (AvgIpc) is 2.91. The SMILES string of the molecule is O=C(Nc1ccc(N2CCN(c3c(F)c(F)c(F)c(F)c3F)CC2)c(Cl)c1)c1ccc2c(c1)OCCO2. The fourth-order valence-electron chi connectivity index (χ4n) is 4.27. The number of carbonyl (C=O) groups excluding carboxylic acids is 1. The first kappa shape index (κ1) is 24.9. The number of nitrogens with zero attached hydrogens (tertiary/aromatic N) is 2. The molecule has 194 valence electrons. The topological polar surface area (TPSA) is 54.0 Å². The number of hydrogen-bond acceptors (Lipinski definition) is 5. The highest BCUT2D eigenvalue weighted by Gasteiger charge is 2.31. The zero-order chi connectivity index (χ0) is 26.3. The Labute approximate surface area is 213 Å². The van der Waals surface area contributed by atoms with Gasteiger partial charge in [-0.25, -0.2) is 22.0 Å². The minimum absolute atomic E-state index is 0.00270. The van der Waals surface area contributed by atoms with Crippen LogP contribution in [0, 0.1) is 29.1 Å². The minimum atomic E-state index is -2.19. The molecule has 37 heavy (non-hydrogen) atoms. The Balaban J connectivity index is 1.26. The van der Waals surface area contributed by atoms with Gasteiger partial charge < -0.3 is 24.6 Å². The number of amides is 1. The molecule has 0 spiro atoms. The highest BCUT2D eigenvalue weighted by molar-refractivity contribution is 6.33. The zero-order valence-corrected chi connectivity index (χ0v) is 19.8. The molecule has 2 aliphatic rings. The van der Waals surface area contributed by atoms with E-state index in [0.717, 1.165) is 4.90 Å². The van der Waals surface area contributed by atoms with Crippen LogP contribution in [0.3, 0.4) is 0 Å². The molecule has 3 aromatic carbocycles. The molecule has 0 aliphatic carbocycles. The van der Waals surface area contributed by atoms with Crippen LogP contribution in [-0.2, 0) is 0 Å². The van der Waals surface area contributed by atoms with Crippen LogP contribution in [0.15, 0.2) is 36.4 Å². The van der Waals surface area contributed by atoms with E-state index in [2.05, 4.69) is 5.32 Å². The quantitative estimate of drug-likeness (QED) is 0.274. The Kier molecular flexibility index (Phi) is 6.72. The number of piperazine rings is 1. The summed E-state index contributed by atoms with van der Waals surface area (Å²) in [4.78, 5) is 15.6. The minimum Gasteiger partial charge on any atom is -0.486 e. The molecule has 1 amide bonds. The predicted molar refractivity (Wildman–Crippen MR) is 127 cm³/mol. The van der Waals surface area contributed by atoms with E-state index in [1.165, 1.54) is 0 Å².